The molecule has 3 aromatic heterocycles. The first-order chi connectivity index (χ1) is 13.1. The summed E-state index contributed by atoms with van der Waals surface area (Å²) in [6.07, 6.45) is 6.37. The number of aromatic nitrogens is 6. The minimum Gasteiger partial charge on any atom is -0.350 e. The molecular formula is C18H17N7O2. The molecule has 1 N–H and O–H groups in total. The Bertz CT molecular complexity index is 1160. The average molecular weight is 363 g/mol. The van der Waals surface area contributed by atoms with Crippen LogP contribution in [-0.4, -0.2) is 35.0 Å². The highest BCUT2D eigenvalue weighted by molar-refractivity contribution is 5.77. The molecule has 9 heteroatoms. The van der Waals surface area contributed by atoms with E-state index < -0.39 is 0 Å². The number of fused-ring (bicyclic) bond motifs is 1. The third-order valence-electron chi connectivity index (χ3n) is 4.18. The molecule has 1 aromatic carbocycles. The van der Waals surface area contributed by atoms with Crippen LogP contribution in [0.3, 0.4) is 0 Å². The molecule has 9 nitrogen and oxygen atoms in total. The predicted octanol–water partition coefficient (Wildman–Crippen LogP) is 0.632. The molecule has 0 aliphatic carbocycles. The standard InChI is InChI=1S/C18H17N7O2/c1-23-17-15(9-21-23)18(27)24(12-20-17)11-16(26)19-7-13-8-22-25(10-13)14-5-3-2-4-6-14/h2-6,8-10,12H,7,11H2,1H3,(H,19,26). The van der Waals surface area contributed by atoms with E-state index >= 15 is 0 Å². The lowest BCUT2D eigenvalue weighted by Gasteiger charge is -2.06. The van der Waals surface area contributed by atoms with E-state index in [1.54, 1.807) is 17.9 Å². The third kappa shape index (κ3) is 3.34. The molecule has 4 rings (SSSR count). The van der Waals surface area contributed by atoms with E-state index in [0.717, 1.165) is 11.3 Å². The smallest absolute Gasteiger partial charge is 0.264 e. The van der Waals surface area contributed by atoms with Crippen LogP contribution in [0.25, 0.3) is 16.7 Å². The number of hydrogen-bond donors (Lipinski definition) is 1. The second-order valence-corrected chi connectivity index (χ2v) is 6.09. The molecular weight excluding hydrogens is 346 g/mol. The second kappa shape index (κ2) is 6.87. The highest BCUT2D eigenvalue weighted by Gasteiger charge is 2.11. The van der Waals surface area contributed by atoms with Crippen molar-refractivity contribution in [2.45, 2.75) is 13.1 Å². The van der Waals surface area contributed by atoms with E-state index in [1.807, 2.05) is 36.5 Å². The number of nitrogens with zero attached hydrogens (tertiary/aromatic N) is 6. The van der Waals surface area contributed by atoms with Crippen molar-refractivity contribution in [2.75, 3.05) is 0 Å². The quantitative estimate of drug-likeness (QED) is 0.561. The monoisotopic (exact) mass is 363 g/mol. The number of benzene rings is 1. The summed E-state index contributed by atoms with van der Waals surface area (Å²) in [4.78, 5) is 28.8. The van der Waals surface area contributed by atoms with Crippen LogP contribution in [0.1, 0.15) is 5.56 Å². The van der Waals surface area contributed by atoms with Gasteiger partial charge in [0.1, 0.15) is 18.3 Å². The Kier molecular flexibility index (Phi) is 4.25. The summed E-state index contributed by atoms with van der Waals surface area (Å²) in [6.45, 7) is 0.215. The van der Waals surface area contributed by atoms with Crippen LogP contribution in [-0.2, 0) is 24.9 Å². The van der Waals surface area contributed by atoms with Gasteiger partial charge >= 0.3 is 0 Å². The Morgan fingerprint density at radius 3 is 2.78 bits per heavy atom. The second-order valence-electron chi connectivity index (χ2n) is 6.09. The molecule has 0 radical (unpaired) electrons. The first-order valence-electron chi connectivity index (χ1n) is 8.34. The maximum atomic E-state index is 12.4. The van der Waals surface area contributed by atoms with Crippen molar-refractivity contribution >= 4 is 16.9 Å². The number of carbonyl (C=O) groups is 1. The number of nitrogens with one attached hydrogen (secondary N) is 1. The maximum Gasteiger partial charge on any atom is 0.264 e. The molecule has 136 valence electrons. The van der Waals surface area contributed by atoms with Crippen LogP contribution < -0.4 is 10.9 Å². The lowest BCUT2D eigenvalue weighted by atomic mass is 10.3. The van der Waals surface area contributed by atoms with Crippen molar-refractivity contribution in [1.29, 1.82) is 0 Å². The number of hydrogen-bond acceptors (Lipinski definition) is 5. The molecule has 0 fully saturated rings. The maximum absolute atomic E-state index is 12.4. The van der Waals surface area contributed by atoms with Crippen molar-refractivity contribution in [3.8, 4) is 5.69 Å². The Labute approximate surface area is 153 Å². The topological polar surface area (TPSA) is 99.6 Å². The third-order valence-corrected chi connectivity index (χ3v) is 4.18. The van der Waals surface area contributed by atoms with Crippen molar-refractivity contribution in [2.24, 2.45) is 7.05 Å². The van der Waals surface area contributed by atoms with Gasteiger partial charge in [-0.05, 0) is 12.1 Å². The lowest BCUT2D eigenvalue weighted by Crippen LogP contribution is -2.32. The number of para-hydroxylation sites is 1. The van der Waals surface area contributed by atoms with Crippen molar-refractivity contribution < 1.29 is 4.79 Å². The molecule has 0 saturated carbocycles. The fourth-order valence-corrected chi connectivity index (χ4v) is 2.76. The van der Waals surface area contributed by atoms with Gasteiger partial charge in [0.15, 0.2) is 5.65 Å². The van der Waals surface area contributed by atoms with Crippen LogP contribution in [0.2, 0.25) is 0 Å². The van der Waals surface area contributed by atoms with E-state index in [0.29, 0.717) is 17.6 Å². The van der Waals surface area contributed by atoms with Crippen molar-refractivity contribution in [1.82, 2.24) is 34.4 Å². The number of aryl methyl sites for hydroxylation is 1. The van der Waals surface area contributed by atoms with Gasteiger partial charge in [0, 0.05) is 25.4 Å². The molecule has 0 atom stereocenters. The predicted molar refractivity (Wildman–Crippen MR) is 98.2 cm³/mol. The summed E-state index contributed by atoms with van der Waals surface area (Å²) in [7, 11) is 1.71. The summed E-state index contributed by atoms with van der Waals surface area (Å²) >= 11 is 0. The molecule has 0 unspecified atom stereocenters. The molecule has 0 bridgehead atoms. The van der Waals surface area contributed by atoms with Gasteiger partial charge in [-0.2, -0.15) is 10.2 Å². The minimum atomic E-state index is -0.292. The van der Waals surface area contributed by atoms with Crippen LogP contribution in [0, 0.1) is 0 Å². The fourth-order valence-electron chi connectivity index (χ4n) is 2.76. The minimum absolute atomic E-state index is 0.108. The SMILES string of the molecule is Cn1ncc2c(=O)n(CC(=O)NCc3cnn(-c4ccccc4)c3)cnc21. The largest absolute Gasteiger partial charge is 0.350 e. The van der Waals surface area contributed by atoms with Gasteiger partial charge in [-0.3, -0.25) is 18.8 Å². The summed E-state index contributed by atoms with van der Waals surface area (Å²) in [5.41, 5.74) is 2.00. The van der Waals surface area contributed by atoms with E-state index in [1.165, 1.54) is 21.8 Å². The van der Waals surface area contributed by atoms with Gasteiger partial charge in [-0.25, -0.2) is 9.67 Å². The molecule has 1 amide bonds. The van der Waals surface area contributed by atoms with Crippen molar-refractivity contribution in [3.05, 3.63) is 71.2 Å². The molecule has 0 spiro atoms. The fraction of sp³-hybridized carbons (Fsp3) is 0.167. The summed E-state index contributed by atoms with van der Waals surface area (Å²) < 4.78 is 4.53. The van der Waals surface area contributed by atoms with Crippen LogP contribution in [0.5, 0.6) is 0 Å². The van der Waals surface area contributed by atoms with E-state index in [4.69, 9.17) is 0 Å². The van der Waals surface area contributed by atoms with Crippen LogP contribution in [0.15, 0.2) is 60.0 Å². The highest BCUT2D eigenvalue weighted by atomic mass is 16.2. The summed E-state index contributed by atoms with van der Waals surface area (Å²) in [5.74, 6) is -0.283. The Morgan fingerprint density at radius 2 is 1.96 bits per heavy atom. The Morgan fingerprint density at radius 1 is 1.15 bits per heavy atom. The van der Waals surface area contributed by atoms with Gasteiger partial charge in [-0.1, -0.05) is 18.2 Å². The normalized spacial score (nSPS) is 11.0. The highest BCUT2D eigenvalue weighted by Crippen LogP contribution is 2.07. The first kappa shape index (κ1) is 16.7. The van der Waals surface area contributed by atoms with E-state index in [9.17, 15) is 9.59 Å². The average Bonchev–Trinajstić information content (AvgIpc) is 3.31. The lowest BCUT2D eigenvalue weighted by molar-refractivity contribution is -0.121. The van der Waals surface area contributed by atoms with E-state index in [-0.39, 0.29) is 18.0 Å². The van der Waals surface area contributed by atoms with Gasteiger partial charge < -0.3 is 5.32 Å². The summed E-state index contributed by atoms with van der Waals surface area (Å²) in [6, 6.07) is 9.70. The number of carbonyl (C=O) groups excluding carboxylic acids is 1. The zero-order valence-electron chi connectivity index (χ0n) is 14.6. The molecule has 4 aromatic rings. The first-order valence-corrected chi connectivity index (χ1v) is 8.34. The van der Waals surface area contributed by atoms with Crippen LogP contribution in [0.4, 0.5) is 0 Å². The summed E-state index contributed by atoms with van der Waals surface area (Å²) in [5, 5.41) is 11.5. The Balaban J connectivity index is 1.41. The molecule has 0 aliphatic rings. The molecule has 27 heavy (non-hydrogen) atoms. The van der Waals surface area contributed by atoms with Gasteiger partial charge in [0.05, 0.1) is 18.1 Å². The van der Waals surface area contributed by atoms with Gasteiger partial charge in [0.2, 0.25) is 5.91 Å². The Hall–Kier alpha value is -3.75. The molecule has 3 heterocycles. The molecule has 0 saturated heterocycles. The molecule has 0 aliphatic heterocycles. The zero-order valence-corrected chi connectivity index (χ0v) is 14.6. The van der Waals surface area contributed by atoms with Gasteiger partial charge in [0.25, 0.3) is 5.56 Å². The van der Waals surface area contributed by atoms with Crippen LogP contribution >= 0.6 is 0 Å². The van der Waals surface area contributed by atoms with E-state index in [2.05, 4.69) is 20.5 Å². The number of amides is 1. The van der Waals surface area contributed by atoms with Crippen molar-refractivity contribution in [3.63, 3.8) is 0 Å². The number of rotatable bonds is 5. The zero-order chi connectivity index (χ0) is 18.8. The van der Waals surface area contributed by atoms with Gasteiger partial charge in [-0.15, -0.1) is 0 Å².